The Morgan fingerprint density at radius 3 is 2.50 bits per heavy atom. The largest absolute Gasteiger partial charge is 0.497 e. The van der Waals surface area contributed by atoms with E-state index in [-0.39, 0.29) is 6.04 Å². The molecule has 102 valence electrons. The number of hydrogen-bond donors (Lipinski definition) is 1. The predicted molar refractivity (Wildman–Crippen MR) is 72.2 cm³/mol. The molecule has 1 rings (SSSR count). The number of nitrogens with two attached hydrogens (primary N) is 1. The van der Waals surface area contributed by atoms with E-state index in [9.17, 15) is 0 Å². The summed E-state index contributed by atoms with van der Waals surface area (Å²) in [4.78, 5) is 0. The van der Waals surface area contributed by atoms with Gasteiger partial charge in [-0.05, 0) is 25.8 Å². The maximum atomic E-state index is 5.92. The van der Waals surface area contributed by atoms with E-state index in [4.69, 9.17) is 19.9 Å². The molecule has 0 aliphatic carbocycles. The Morgan fingerprint density at radius 2 is 1.89 bits per heavy atom. The smallest absolute Gasteiger partial charge is 0.127 e. The molecule has 4 heteroatoms. The summed E-state index contributed by atoms with van der Waals surface area (Å²) < 4.78 is 16.0. The third kappa shape index (κ3) is 4.55. The van der Waals surface area contributed by atoms with Crippen molar-refractivity contribution in [2.45, 2.75) is 25.8 Å². The minimum Gasteiger partial charge on any atom is -0.497 e. The van der Waals surface area contributed by atoms with Gasteiger partial charge in [-0.1, -0.05) is 6.07 Å². The Hall–Kier alpha value is -1.26. The molecule has 18 heavy (non-hydrogen) atoms. The Labute approximate surface area is 109 Å². The van der Waals surface area contributed by atoms with Crippen molar-refractivity contribution >= 4 is 0 Å². The van der Waals surface area contributed by atoms with Crippen LogP contribution in [0.4, 0.5) is 0 Å². The minimum atomic E-state index is -0.0510. The lowest BCUT2D eigenvalue weighted by atomic mass is 10.1. The van der Waals surface area contributed by atoms with Crippen molar-refractivity contribution in [2.24, 2.45) is 5.73 Å². The van der Waals surface area contributed by atoms with Crippen LogP contribution in [-0.4, -0.2) is 27.4 Å². The van der Waals surface area contributed by atoms with Crippen LogP contribution >= 0.6 is 0 Å². The number of benzene rings is 1. The SMILES string of the molecule is COCCCCOc1cc(OC)ccc1[C@@H](C)N. The third-order valence-electron chi connectivity index (χ3n) is 2.71. The molecule has 4 nitrogen and oxygen atoms in total. The van der Waals surface area contributed by atoms with Crippen LogP contribution in [0.3, 0.4) is 0 Å². The van der Waals surface area contributed by atoms with E-state index in [1.54, 1.807) is 14.2 Å². The van der Waals surface area contributed by atoms with Gasteiger partial charge in [0.15, 0.2) is 0 Å². The molecule has 1 aromatic carbocycles. The second kappa shape index (κ2) is 7.95. The number of rotatable bonds is 8. The molecule has 0 radical (unpaired) electrons. The number of unbranched alkanes of at least 4 members (excludes halogenated alkanes) is 1. The summed E-state index contributed by atoms with van der Waals surface area (Å²) in [6, 6.07) is 5.68. The van der Waals surface area contributed by atoms with Crippen LogP contribution in [0.1, 0.15) is 31.4 Å². The van der Waals surface area contributed by atoms with Crippen molar-refractivity contribution in [3.8, 4) is 11.5 Å². The molecule has 1 atom stereocenters. The van der Waals surface area contributed by atoms with Crippen molar-refractivity contribution in [1.29, 1.82) is 0 Å². The van der Waals surface area contributed by atoms with Gasteiger partial charge in [0.25, 0.3) is 0 Å². The fourth-order valence-corrected chi connectivity index (χ4v) is 1.67. The Morgan fingerprint density at radius 1 is 1.17 bits per heavy atom. The van der Waals surface area contributed by atoms with Gasteiger partial charge in [0.1, 0.15) is 11.5 Å². The Kier molecular flexibility index (Phi) is 6.54. The lowest BCUT2D eigenvalue weighted by Gasteiger charge is -2.15. The average molecular weight is 253 g/mol. The maximum absolute atomic E-state index is 5.92. The first-order valence-electron chi connectivity index (χ1n) is 6.24. The summed E-state index contributed by atoms with van der Waals surface area (Å²) in [5, 5.41) is 0. The molecule has 0 aromatic heterocycles. The van der Waals surface area contributed by atoms with Gasteiger partial charge in [0, 0.05) is 31.4 Å². The fourth-order valence-electron chi connectivity index (χ4n) is 1.67. The van der Waals surface area contributed by atoms with Gasteiger partial charge in [-0.3, -0.25) is 0 Å². The number of methoxy groups -OCH3 is 2. The topological polar surface area (TPSA) is 53.7 Å². The van der Waals surface area contributed by atoms with Gasteiger partial charge in [-0.15, -0.1) is 0 Å². The van der Waals surface area contributed by atoms with Gasteiger partial charge in [0.05, 0.1) is 13.7 Å². The minimum absolute atomic E-state index is 0.0510. The van der Waals surface area contributed by atoms with Crippen molar-refractivity contribution in [1.82, 2.24) is 0 Å². The Balaban J connectivity index is 2.60. The van der Waals surface area contributed by atoms with Gasteiger partial charge >= 0.3 is 0 Å². The lowest BCUT2D eigenvalue weighted by molar-refractivity contribution is 0.184. The molecule has 0 saturated heterocycles. The molecule has 2 N–H and O–H groups in total. The van der Waals surface area contributed by atoms with Gasteiger partial charge in [-0.2, -0.15) is 0 Å². The average Bonchev–Trinajstić information content (AvgIpc) is 2.38. The highest BCUT2D eigenvalue weighted by molar-refractivity contribution is 5.42. The van der Waals surface area contributed by atoms with Crippen LogP contribution in [0.25, 0.3) is 0 Å². The monoisotopic (exact) mass is 253 g/mol. The summed E-state index contributed by atoms with van der Waals surface area (Å²) in [5.74, 6) is 1.59. The van der Waals surface area contributed by atoms with Crippen LogP contribution < -0.4 is 15.2 Å². The highest BCUT2D eigenvalue weighted by atomic mass is 16.5. The van der Waals surface area contributed by atoms with E-state index in [1.165, 1.54) is 0 Å². The van der Waals surface area contributed by atoms with E-state index >= 15 is 0 Å². The van der Waals surface area contributed by atoms with E-state index in [0.717, 1.165) is 36.5 Å². The van der Waals surface area contributed by atoms with Crippen LogP contribution in [0.5, 0.6) is 11.5 Å². The number of hydrogen-bond acceptors (Lipinski definition) is 4. The number of ether oxygens (including phenoxy) is 3. The summed E-state index contributed by atoms with van der Waals surface area (Å²) in [6.07, 6.45) is 1.96. The Bertz CT molecular complexity index is 353. The molecule has 0 bridgehead atoms. The zero-order chi connectivity index (χ0) is 13.4. The van der Waals surface area contributed by atoms with Crippen LogP contribution in [0.2, 0.25) is 0 Å². The van der Waals surface area contributed by atoms with E-state index in [0.29, 0.717) is 6.61 Å². The molecule has 0 aliphatic heterocycles. The zero-order valence-electron chi connectivity index (χ0n) is 11.4. The zero-order valence-corrected chi connectivity index (χ0v) is 11.4. The van der Waals surface area contributed by atoms with Gasteiger partial charge in [0.2, 0.25) is 0 Å². The summed E-state index contributed by atoms with van der Waals surface area (Å²) in [5.41, 5.74) is 6.92. The first-order valence-corrected chi connectivity index (χ1v) is 6.24. The fraction of sp³-hybridized carbons (Fsp3) is 0.571. The summed E-state index contributed by atoms with van der Waals surface area (Å²) in [6.45, 7) is 3.37. The highest BCUT2D eigenvalue weighted by Gasteiger charge is 2.09. The summed E-state index contributed by atoms with van der Waals surface area (Å²) in [7, 11) is 3.35. The van der Waals surface area contributed by atoms with Gasteiger partial charge in [-0.25, -0.2) is 0 Å². The first-order chi connectivity index (χ1) is 8.69. The standard InChI is InChI=1S/C14H23NO3/c1-11(15)13-7-6-12(17-3)10-14(13)18-9-5-4-8-16-2/h6-7,10-11H,4-5,8-9,15H2,1-3H3/t11-/m1/s1. The lowest BCUT2D eigenvalue weighted by Crippen LogP contribution is -2.09. The molecule has 0 fully saturated rings. The molecule has 0 heterocycles. The summed E-state index contributed by atoms with van der Waals surface area (Å²) >= 11 is 0. The second-order valence-corrected chi connectivity index (χ2v) is 4.24. The normalized spacial score (nSPS) is 12.2. The van der Waals surface area contributed by atoms with Crippen molar-refractivity contribution in [3.63, 3.8) is 0 Å². The van der Waals surface area contributed by atoms with E-state index in [1.807, 2.05) is 25.1 Å². The van der Waals surface area contributed by atoms with Crippen LogP contribution in [0, 0.1) is 0 Å². The van der Waals surface area contributed by atoms with Crippen LogP contribution in [-0.2, 0) is 4.74 Å². The van der Waals surface area contributed by atoms with Crippen molar-refractivity contribution < 1.29 is 14.2 Å². The predicted octanol–water partition coefficient (Wildman–Crippen LogP) is 2.52. The van der Waals surface area contributed by atoms with Crippen LogP contribution in [0.15, 0.2) is 18.2 Å². The first kappa shape index (κ1) is 14.8. The van der Waals surface area contributed by atoms with Gasteiger partial charge < -0.3 is 19.9 Å². The van der Waals surface area contributed by atoms with Crippen molar-refractivity contribution in [3.05, 3.63) is 23.8 Å². The molecular weight excluding hydrogens is 230 g/mol. The second-order valence-electron chi connectivity index (χ2n) is 4.24. The van der Waals surface area contributed by atoms with E-state index in [2.05, 4.69) is 0 Å². The molecule has 0 aliphatic rings. The molecule has 0 spiro atoms. The van der Waals surface area contributed by atoms with Crippen molar-refractivity contribution in [2.75, 3.05) is 27.4 Å². The quantitative estimate of drug-likeness (QED) is 0.723. The molecular formula is C14H23NO3. The third-order valence-corrected chi connectivity index (χ3v) is 2.71. The maximum Gasteiger partial charge on any atom is 0.127 e. The molecule has 0 amide bonds. The molecule has 1 aromatic rings. The molecule has 0 unspecified atom stereocenters. The molecule has 0 saturated carbocycles. The highest BCUT2D eigenvalue weighted by Crippen LogP contribution is 2.28. The van der Waals surface area contributed by atoms with E-state index < -0.39 is 0 Å².